The van der Waals surface area contributed by atoms with Crippen LogP contribution in [0.3, 0.4) is 0 Å². The SMILES string of the molecule is Cn1c(Sc2ccc3c(c2)NC(=O)C3=O)n[nH]c1=O. The minimum absolute atomic E-state index is 0.299. The third-order valence-electron chi connectivity index (χ3n) is 2.74. The zero-order valence-electron chi connectivity index (χ0n) is 9.76. The first-order valence-electron chi connectivity index (χ1n) is 5.35. The first-order valence-corrected chi connectivity index (χ1v) is 6.17. The molecule has 0 saturated heterocycles. The van der Waals surface area contributed by atoms with Crippen LogP contribution in [0, 0.1) is 0 Å². The van der Waals surface area contributed by atoms with Gasteiger partial charge in [0.25, 0.3) is 11.7 Å². The molecule has 0 spiro atoms. The van der Waals surface area contributed by atoms with Crippen LogP contribution < -0.4 is 11.0 Å². The molecule has 3 rings (SSSR count). The van der Waals surface area contributed by atoms with Gasteiger partial charge in [0.15, 0.2) is 5.16 Å². The second-order valence-electron chi connectivity index (χ2n) is 3.96. The lowest BCUT2D eigenvalue weighted by molar-refractivity contribution is -0.112. The molecular formula is C11H8N4O3S. The highest BCUT2D eigenvalue weighted by Crippen LogP contribution is 2.31. The van der Waals surface area contributed by atoms with Crippen molar-refractivity contribution in [2.45, 2.75) is 10.1 Å². The van der Waals surface area contributed by atoms with Gasteiger partial charge < -0.3 is 5.32 Å². The third kappa shape index (κ3) is 1.85. The first-order chi connectivity index (χ1) is 9.06. The van der Waals surface area contributed by atoms with Gasteiger partial charge in [-0.15, -0.1) is 5.10 Å². The summed E-state index contributed by atoms with van der Waals surface area (Å²) in [6.07, 6.45) is 0. The van der Waals surface area contributed by atoms with Crippen LogP contribution in [-0.4, -0.2) is 26.5 Å². The minimum Gasteiger partial charge on any atom is -0.318 e. The summed E-state index contributed by atoms with van der Waals surface area (Å²) >= 11 is 1.26. The number of hydrogen-bond acceptors (Lipinski definition) is 5. The summed E-state index contributed by atoms with van der Waals surface area (Å²) in [6.45, 7) is 0. The van der Waals surface area contributed by atoms with E-state index in [9.17, 15) is 14.4 Å². The smallest absolute Gasteiger partial charge is 0.318 e. The van der Waals surface area contributed by atoms with Crippen LogP contribution >= 0.6 is 11.8 Å². The fourth-order valence-corrected chi connectivity index (χ4v) is 2.55. The van der Waals surface area contributed by atoms with Crippen molar-refractivity contribution in [3.05, 3.63) is 34.2 Å². The zero-order valence-corrected chi connectivity index (χ0v) is 10.6. The number of aromatic nitrogens is 3. The topological polar surface area (TPSA) is 96.8 Å². The van der Waals surface area contributed by atoms with E-state index >= 15 is 0 Å². The van der Waals surface area contributed by atoms with Gasteiger partial charge >= 0.3 is 5.69 Å². The predicted octanol–water partition coefficient (Wildman–Crippen LogP) is 0.394. The number of anilines is 1. The summed E-state index contributed by atoms with van der Waals surface area (Å²) < 4.78 is 1.38. The van der Waals surface area contributed by atoms with E-state index in [0.29, 0.717) is 16.4 Å². The molecule has 2 heterocycles. The standard InChI is InChI=1S/C11H8N4O3S/c1-15-10(18)13-14-11(15)19-5-2-3-6-7(4-5)12-9(17)8(6)16/h2-4H,1H3,(H,13,18)(H,12,16,17). The number of Topliss-reactive ketones (excluding diaryl/α,β-unsaturated/α-hetero) is 1. The Morgan fingerprint density at radius 3 is 2.74 bits per heavy atom. The highest BCUT2D eigenvalue weighted by Gasteiger charge is 2.27. The number of nitrogens with zero attached hydrogens (tertiary/aromatic N) is 2. The Kier molecular flexibility index (Phi) is 2.53. The summed E-state index contributed by atoms with van der Waals surface area (Å²) in [5, 5.41) is 9.20. The summed E-state index contributed by atoms with van der Waals surface area (Å²) in [7, 11) is 1.60. The molecule has 1 aromatic carbocycles. The average molecular weight is 276 g/mol. The van der Waals surface area contributed by atoms with Crippen molar-refractivity contribution in [1.82, 2.24) is 14.8 Å². The van der Waals surface area contributed by atoms with Gasteiger partial charge in [-0.25, -0.2) is 9.89 Å². The number of aromatic amines is 1. The summed E-state index contributed by atoms with van der Waals surface area (Å²) in [4.78, 5) is 34.7. The van der Waals surface area contributed by atoms with E-state index < -0.39 is 11.7 Å². The van der Waals surface area contributed by atoms with E-state index in [1.807, 2.05) is 0 Å². The first kappa shape index (κ1) is 11.7. The summed E-state index contributed by atoms with van der Waals surface area (Å²) in [5.74, 6) is -1.15. The number of benzene rings is 1. The fourth-order valence-electron chi connectivity index (χ4n) is 1.72. The van der Waals surface area contributed by atoms with Crippen LogP contribution in [0.25, 0.3) is 0 Å². The molecule has 2 aromatic rings. The van der Waals surface area contributed by atoms with Crippen LogP contribution in [0.5, 0.6) is 0 Å². The van der Waals surface area contributed by atoms with Gasteiger partial charge in [-0.3, -0.25) is 14.2 Å². The molecule has 0 atom stereocenters. The quantitative estimate of drug-likeness (QED) is 0.774. The van der Waals surface area contributed by atoms with E-state index in [0.717, 1.165) is 4.90 Å². The van der Waals surface area contributed by atoms with E-state index in [1.54, 1.807) is 25.2 Å². The molecule has 0 aliphatic carbocycles. The molecule has 0 unspecified atom stereocenters. The molecular weight excluding hydrogens is 268 g/mol. The number of fused-ring (bicyclic) bond motifs is 1. The van der Waals surface area contributed by atoms with Gasteiger partial charge in [0, 0.05) is 11.9 Å². The summed E-state index contributed by atoms with van der Waals surface area (Å²) in [5.41, 5.74) is 0.554. The van der Waals surface area contributed by atoms with Gasteiger partial charge in [0.1, 0.15) is 0 Å². The monoisotopic (exact) mass is 276 g/mol. The Labute approximate surface area is 111 Å². The maximum Gasteiger partial charge on any atom is 0.343 e. The molecule has 2 N–H and O–H groups in total. The predicted molar refractivity (Wildman–Crippen MR) is 67.4 cm³/mol. The maximum atomic E-state index is 11.4. The van der Waals surface area contributed by atoms with E-state index in [4.69, 9.17) is 0 Å². The van der Waals surface area contributed by atoms with Gasteiger partial charge in [-0.1, -0.05) is 0 Å². The lowest BCUT2D eigenvalue weighted by Crippen LogP contribution is -2.12. The molecule has 1 aliphatic rings. The lowest BCUT2D eigenvalue weighted by atomic mass is 10.1. The Morgan fingerprint density at radius 1 is 1.26 bits per heavy atom. The van der Waals surface area contributed by atoms with Crippen LogP contribution in [0.2, 0.25) is 0 Å². The normalized spacial score (nSPS) is 13.5. The van der Waals surface area contributed by atoms with Crippen molar-refractivity contribution < 1.29 is 9.59 Å². The van der Waals surface area contributed by atoms with Crippen molar-refractivity contribution >= 4 is 29.1 Å². The molecule has 1 aromatic heterocycles. The molecule has 7 nitrogen and oxygen atoms in total. The van der Waals surface area contributed by atoms with Gasteiger partial charge in [0.2, 0.25) is 0 Å². The molecule has 0 fully saturated rings. The lowest BCUT2D eigenvalue weighted by Gasteiger charge is -2.02. The number of carbonyl (C=O) groups excluding carboxylic acids is 2. The molecule has 96 valence electrons. The molecule has 1 aliphatic heterocycles. The van der Waals surface area contributed by atoms with Crippen LogP contribution in [0.1, 0.15) is 10.4 Å². The van der Waals surface area contributed by atoms with E-state index in [1.165, 1.54) is 16.3 Å². The summed E-state index contributed by atoms with van der Waals surface area (Å²) in [6, 6.07) is 4.98. The number of carbonyl (C=O) groups is 2. The number of H-pyrrole nitrogens is 1. The molecule has 0 saturated carbocycles. The Bertz CT molecular complexity index is 762. The third-order valence-corrected chi connectivity index (χ3v) is 3.78. The highest BCUT2D eigenvalue weighted by atomic mass is 32.2. The maximum absolute atomic E-state index is 11.4. The van der Waals surface area contributed by atoms with Gasteiger partial charge in [0.05, 0.1) is 11.3 Å². The Balaban J connectivity index is 1.94. The van der Waals surface area contributed by atoms with Gasteiger partial charge in [-0.2, -0.15) is 0 Å². The molecule has 0 bridgehead atoms. The second kappa shape index (κ2) is 4.09. The number of nitrogens with one attached hydrogen (secondary N) is 2. The molecule has 1 amide bonds. The second-order valence-corrected chi connectivity index (χ2v) is 5.00. The average Bonchev–Trinajstić information content (AvgIpc) is 2.84. The molecule has 19 heavy (non-hydrogen) atoms. The number of amides is 1. The Morgan fingerprint density at radius 2 is 2.05 bits per heavy atom. The molecule has 8 heteroatoms. The van der Waals surface area contributed by atoms with Crippen molar-refractivity contribution in [3.8, 4) is 0 Å². The zero-order chi connectivity index (χ0) is 13.6. The largest absolute Gasteiger partial charge is 0.343 e. The van der Waals surface area contributed by atoms with Crippen LogP contribution in [0.15, 0.2) is 33.0 Å². The van der Waals surface area contributed by atoms with Crippen molar-refractivity contribution in [3.63, 3.8) is 0 Å². The Hall–Kier alpha value is -2.35. The van der Waals surface area contributed by atoms with Crippen LogP contribution in [0.4, 0.5) is 5.69 Å². The van der Waals surface area contributed by atoms with E-state index in [-0.39, 0.29) is 5.69 Å². The minimum atomic E-state index is -0.621. The van der Waals surface area contributed by atoms with Crippen molar-refractivity contribution in [2.24, 2.45) is 7.05 Å². The molecule has 0 radical (unpaired) electrons. The number of ketones is 1. The number of hydrogen-bond donors (Lipinski definition) is 2. The fraction of sp³-hybridized carbons (Fsp3) is 0.0909. The van der Waals surface area contributed by atoms with Gasteiger partial charge in [-0.05, 0) is 30.0 Å². The van der Waals surface area contributed by atoms with Crippen molar-refractivity contribution in [1.29, 1.82) is 0 Å². The highest BCUT2D eigenvalue weighted by molar-refractivity contribution is 7.99. The van der Waals surface area contributed by atoms with E-state index in [2.05, 4.69) is 15.5 Å². The van der Waals surface area contributed by atoms with Crippen molar-refractivity contribution in [2.75, 3.05) is 5.32 Å². The number of rotatable bonds is 2. The van der Waals surface area contributed by atoms with Crippen LogP contribution in [-0.2, 0) is 11.8 Å².